The number of carbonyl (C=O) groups excluding carboxylic acids is 2. The van der Waals surface area contributed by atoms with Gasteiger partial charge in [-0.05, 0) is 57.6 Å². The van der Waals surface area contributed by atoms with Crippen LogP contribution < -0.4 is 0 Å². The van der Waals surface area contributed by atoms with Gasteiger partial charge in [0.1, 0.15) is 17.4 Å². The van der Waals surface area contributed by atoms with E-state index in [-0.39, 0.29) is 5.92 Å². The zero-order valence-electron chi connectivity index (χ0n) is 14.1. The fourth-order valence-corrected chi connectivity index (χ4v) is 2.95. The Morgan fingerprint density at radius 3 is 2.09 bits per heavy atom. The number of nitrogens with zero attached hydrogens (tertiary/aromatic N) is 1. The number of hydrogen-bond acceptors (Lipinski definition) is 3. The summed E-state index contributed by atoms with van der Waals surface area (Å²) >= 11 is 0. The Morgan fingerprint density at radius 2 is 1.68 bits per heavy atom. The molecule has 4 heteroatoms. The molecule has 4 nitrogen and oxygen atoms in total. The number of fused-ring (bicyclic) bond motifs is 1. The van der Waals surface area contributed by atoms with Gasteiger partial charge in [0.2, 0.25) is 0 Å². The van der Waals surface area contributed by atoms with Crippen molar-refractivity contribution >= 4 is 12.4 Å². The second-order valence-corrected chi connectivity index (χ2v) is 7.26. The van der Waals surface area contributed by atoms with Crippen LogP contribution in [0.15, 0.2) is 24.3 Å². The van der Waals surface area contributed by atoms with Crippen LogP contribution in [-0.4, -0.2) is 35.5 Å². The first-order valence-corrected chi connectivity index (χ1v) is 7.67. The SMILES string of the molecule is CN(C(=O)OC(C)(C)C)C(C)(C=O)C1Cc2ccccc2C1. The summed E-state index contributed by atoms with van der Waals surface area (Å²) in [4.78, 5) is 25.6. The monoisotopic (exact) mass is 303 g/mol. The zero-order chi connectivity index (χ0) is 16.5. The molecule has 1 aliphatic rings. The molecule has 0 saturated heterocycles. The third-order valence-corrected chi connectivity index (χ3v) is 4.51. The quantitative estimate of drug-likeness (QED) is 0.805. The lowest BCUT2D eigenvalue weighted by molar-refractivity contribution is -0.120. The summed E-state index contributed by atoms with van der Waals surface area (Å²) in [6.07, 6.45) is 2.03. The Bertz CT molecular complexity index is 551. The van der Waals surface area contributed by atoms with Crippen molar-refractivity contribution in [3.63, 3.8) is 0 Å². The van der Waals surface area contributed by atoms with Crippen LogP contribution in [0.4, 0.5) is 4.79 Å². The molecule has 0 saturated carbocycles. The number of aldehydes is 1. The number of likely N-dealkylation sites (N-methyl/N-ethyl adjacent to an activating group) is 1. The summed E-state index contributed by atoms with van der Waals surface area (Å²) in [5, 5.41) is 0. The lowest BCUT2D eigenvalue weighted by atomic mass is 9.83. The Hall–Kier alpha value is -1.84. The number of amides is 1. The van der Waals surface area contributed by atoms with E-state index in [0.717, 1.165) is 19.1 Å². The maximum atomic E-state index is 12.3. The maximum Gasteiger partial charge on any atom is 0.410 e. The standard InChI is InChI=1S/C18H25NO3/c1-17(2,3)22-16(21)19(5)18(4,12-20)15-10-13-8-6-7-9-14(13)11-15/h6-9,12,15H,10-11H2,1-5H3. The van der Waals surface area contributed by atoms with Crippen molar-refractivity contribution in [3.05, 3.63) is 35.4 Å². The average Bonchev–Trinajstić information content (AvgIpc) is 2.88. The van der Waals surface area contributed by atoms with Gasteiger partial charge >= 0.3 is 6.09 Å². The summed E-state index contributed by atoms with van der Waals surface area (Å²) in [6, 6.07) is 8.20. The molecular weight excluding hydrogens is 278 g/mol. The molecule has 0 fully saturated rings. The average molecular weight is 303 g/mol. The maximum absolute atomic E-state index is 12.3. The lowest BCUT2D eigenvalue weighted by Crippen LogP contribution is -2.55. The molecule has 1 aromatic rings. The van der Waals surface area contributed by atoms with Crippen LogP contribution in [0.2, 0.25) is 0 Å². The minimum Gasteiger partial charge on any atom is -0.444 e. The molecule has 0 aliphatic heterocycles. The molecule has 0 radical (unpaired) electrons. The van der Waals surface area contributed by atoms with Crippen LogP contribution in [0.1, 0.15) is 38.8 Å². The third kappa shape index (κ3) is 3.16. The molecule has 0 bridgehead atoms. The highest BCUT2D eigenvalue weighted by Gasteiger charge is 2.44. The molecule has 1 aliphatic carbocycles. The second kappa shape index (κ2) is 5.75. The van der Waals surface area contributed by atoms with Gasteiger partial charge in [-0.15, -0.1) is 0 Å². The van der Waals surface area contributed by atoms with Crippen LogP contribution in [0.5, 0.6) is 0 Å². The van der Waals surface area contributed by atoms with Crippen molar-refractivity contribution in [1.29, 1.82) is 0 Å². The van der Waals surface area contributed by atoms with Gasteiger partial charge in [-0.2, -0.15) is 0 Å². The highest BCUT2D eigenvalue weighted by Crippen LogP contribution is 2.36. The van der Waals surface area contributed by atoms with E-state index in [4.69, 9.17) is 4.74 Å². The van der Waals surface area contributed by atoms with E-state index in [2.05, 4.69) is 12.1 Å². The lowest BCUT2D eigenvalue weighted by Gasteiger charge is -2.39. The van der Waals surface area contributed by atoms with Crippen molar-refractivity contribution in [1.82, 2.24) is 4.90 Å². The molecule has 0 heterocycles. The zero-order valence-corrected chi connectivity index (χ0v) is 14.1. The molecule has 1 amide bonds. The van der Waals surface area contributed by atoms with E-state index in [0.29, 0.717) is 0 Å². The molecule has 22 heavy (non-hydrogen) atoms. The van der Waals surface area contributed by atoms with Gasteiger partial charge < -0.3 is 9.53 Å². The second-order valence-electron chi connectivity index (χ2n) is 7.26. The van der Waals surface area contributed by atoms with Crippen LogP contribution in [-0.2, 0) is 22.4 Å². The Morgan fingerprint density at radius 1 is 1.18 bits per heavy atom. The summed E-state index contributed by atoms with van der Waals surface area (Å²) in [5.74, 6) is 0.0694. The molecule has 2 rings (SSSR count). The molecule has 120 valence electrons. The number of benzene rings is 1. The first-order chi connectivity index (χ1) is 10.2. The van der Waals surface area contributed by atoms with Crippen molar-refractivity contribution in [2.75, 3.05) is 7.05 Å². The molecule has 1 aromatic carbocycles. The molecule has 0 N–H and O–H groups in total. The highest BCUT2D eigenvalue weighted by molar-refractivity contribution is 5.77. The number of rotatable bonds is 3. The summed E-state index contributed by atoms with van der Waals surface area (Å²) < 4.78 is 5.41. The van der Waals surface area contributed by atoms with Crippen LogP contribution in [0.25, 0.3) is 0 Å². The minimum atomic E-state index is -0.874. The molecule has 0 spiro atoms. The van der Waals surface area contributed by atoms with Gasteiger partial charge in [0.25, 0.3) is 0 Å². The predicted octanol–water partition coefficient (Wildman–Crippen LogP) is 3.23. The number of carbonyl (C=O) groups is 2. The van der Waals surface area contributed by atoms with E-state index < -0.39 is 17.2 Å². The van der Waals surface area contributed by atoms with Gasteiger partial charge in [0, 0.05) is 7.05 Å². The van der Waals surface area contributed by atoms with Crippen LogP contribution in [0.3, 0.4) is 0 Å². The van der Waals surface area contributed by atoms with Gasteiger partial charge in [0.05, 0.1) is 0 Å². The van der Waals surface area contributed by atoms with E-state index >= 15 is 0 Å². The van der Waals surface area contributed by atoms with Crippen molar-refractivity contribution in [2.45, 2.75) is 51.7 Å². The topological polar surface area (TPSA) is 46.6 Å². The summed E-state index contributed by atoms with van der Waals surface area (Å²) in [5.41, 5.74) is 1.08. The van der Waals surface area contributed by atoms with Crippen LogP contribution >= 0.6 is 0 Å². The first kappa shape index (κ1) is 16.5. The Labute approximate surface area is 132 Å². The van der Waals surface area contributed by atoms with Gasteiger partial charge in [0.15, 0.2) is 0 Å². The molecule has 1 unspecified atom stereocenters. The normalized spacial score (nSPS) is 17.5. The summed E-state index contributed by atoms with van der Waals surface area (Å²) in [7, 11) is 1.64. The van der Waals surface area contributed by atoms with E-state index in [1.807, 2.05) is 39.8 Å². The molecular formula is C18H25NO3. The van der Waals surface area contributed by atoms with E-state index in [9.17, 15) is 9.59 Å². The largest absolute Gasteiger partial charge is 0.444 e. The van der Waals surface area contributed by atoms with Gasteiger partial charge in [-0.1, -0.05) is 24.3 Å². The smallest absolute Gasteiger partial charge is 0.410 e. The number of hydrogen-bond donors (Lipinski definition) is 0. The fraction of sp³-hybridized carbons (Fsp3) is 0.556. The predicted molar refractivity (Wildman–Crippen MR) is 85.8 cm³/mol. The van der Waals surface area contributed by atoms with Crippen molar-refractivity contribution in [2.24, 2.45) is 5.92 Å². The first-order valence-electron chi connectivity index (χ1n) is 7.67. The minimum absolute atomic E-state index is 0.0694. The highest BCUT2D eigenvalue weighted by atomic mass is 16.6. The van der Waals surface area contributed by atoms with E-state index in [1.54, 1.807) is 7.05 Å². The Kier molecular flexibility index (Phi) is 4.32. The van der Waals surface area contributed by atoms with Gasteiger partial charge in [-0.25, -0.2) is 4.79 Å². The third-order valence-electron chi connectivity index (χ3n) is 4.51. The fourth-order valence-electron chi connectivity index (χ4n) is 2.95. The number of ether oxygens (including phenoxy) is 1. The van der Waals surface area contributed by atoms with E-state index in [1.165, 1.54) is 16.0 Å². The molecule has 1 atom stereocenters. The van der Waals surface area contributed by atoms with Crippen LogP contribution in [0, 0.1) is 5.92 Å². The van der Waals surface area contributed by atoms with Gasteiger partial charge in [-0.3, -0.25) is 4.90 Å². The van der Waals surface area contributed by atoms with Crippen molar-refractivity contribution in [3.8, 4) is 0 Å². The summed E-state index contributed by atoms with van der Waals surface area (Å²) in [6.45, 7) is 7.29. The molecule has 0 aromatic heterocycles. The van der Waals surface area contributed by atoms with Crippen molar-refractivity contribution < 1.29 is 14.3 Å². The Balaban J connectivity index is 2.19.